The van der Waals surface area contributed by atoms with E-state index < -0.39 is 0 Å². The maximum absolute atomic E-state index is 12.5. The zero-order valence-corrected chi connectivity index (χ0v) is 17.4. The van der Waals surface area contributed by atoms with Crippen molar-refractivity contribution in [2.75, 3.05) is 5.32 Å². The average Bonchev–Trinajstić information content (AvgIpc) is 3.13. The summed E-state index contributed by atoms with van der Waals surface area (Å²) >= 11 is 12.2. The first-order chi connectivity index (χ1) is 13.9. The lowest BCUT2D eigenvalue weighted by atomic mass is 10.0. The lowest BCUT2D eigenvalue weighted by molar-refractivity contribution is 0.102. The summed E-state index contributed by atoms with van der Waals surface area (Å²) in [7, 11) is 0. The van der Waals surface area contributed by atoms with E-state index in [2.05, 4.69) is 24.1 Å². The number of nitrogens with one attached hydrogen (secondary N) is 1. The van der Waals surface area contributed by atoms with Crippen LogP contribution in [0.5, 0.6) is 0 Å². The summed E-state index contributed by atoms with van der Waals surface area (Å²) in [6, 6.07) is 17.9. The molecule has 4 aromatic rings. The van der Waals surface area contributed by atoms with Gasteiger partial charge in [-0.1, -0.05) is 43.1 Å². The minimum Gasteiger partial charge on any atom is -0.436 e. The highest BCUT2D eigenvalue weighted by Gasteiger charge is 2.14. The van der Waals surface area contributed by atoms with Gasteiger partial charge >= 0.3 is 0 Å². The highest BCUT2D eigenvalue weighted by atomic mass is 35.5. The molecule has 0 fully saturated rings. The van der Waals surface area contributed by atoms with E-state index in [1.54, 1.807) is 36.4 Å². The van der Waals surface area contributed by atoms with Crippen LogP contribution in [0.15, 0.2) is 65.1 Å². The van der Waals surface area contributed by atoms with Gasteiger partial charge in [-0.05, 0) is 66.1 Å². The molecule has 146 valence electrons. The van der Waals surface area contributed by atoms with Gasteiger partial charge in [-0.3, -0.25) is 4.79 Å². The van der Waals surface area contributed by atoms with E-state index in [9.17, 15) is 4.79 Å². The Balaban J connectivity index is 1.65. The maximum atomic E-state index is 12.5. The van der Waals surface area contributed by atoms with Gasteiger partial charge in [0.05, 0.1) is 10.7 Å². The second-order valence-corrected chi connectivity index (χ2v) is 7.90. The lowest BCUT2D eigenvalue weighted by Gasteiger charge is -2.08. The van der Waals surface area contributed by atoms with Crippen LogP contribution in [0.25, 0.3) is 22.6 Å². The first-order valence-corrected chi connectivity index (χ1v) is 9.93. The van der Waals surface area contributed by atoms with E-state index >= 15 is 0 Å². The molecule has 29 heavy (non-hydrogen) atoms. The van der Waals surface area contributed by atoms with Crippen molar-refractivity contribution >= 4 is 45.9 Å². The molecule has 1 aromatic heterocycles. The Bertz CT molecular complexity index is 1200. The zero-order valence-electron chi connectivity index (χ0n) is 15.9. The highest BCUT2D eigenvalue weighted by molar-refractivity contribution is 6.34. The summed E-state index contributed by atoms with van der Waals surface area (Å²) in [6.07, 6.45) is 0. The van der Waals surface area contributed by atoms with Crippen LogP contribution in [-0.2, 0) is 0 Å². The predicted molar refractivity (Wildman–Crippen MR) is 118 cm³/mol. The van der Waals surface area contributed by atoms with Crippen molar-refractivity contribution in [2.45, 2.75) is 19.8 Å². The van der Waals surface area contributed by atoms with Crippen molar-refractivity contribution in [3.63, 3.8) is 0 Å². The molecule has 0 bridgehead atoms. The normalized spacial score (nSPS) is 11.2. The summed E-state index contributed by atoms with van der Waals surface area (Å²) in [4.78, 5) is 17.1. The molecule has 0 atom stereocenters. The van der Waals surface area contributed by atoms with Gasteiger partial charge in [0.15, 0.2) is 5.58 Å². The van der Waals surface area contributed by atoms with Gasteiger partial charge < -0.3 is 9.73 Å². The van der Waals surface area contributed by atoms with Gasteiger partial charge in [-0.25, -0.2) is 4.98 Å². The number of oxazole rings is 1. The fourth-order valence-electron chi connectivity index (χ4n) is 2.98. The van der Waals surface area contributed by atoms with Crippen LogP contribution in [0.4, 0.5) is 5.69 Å². The highest BCUT2D eigenvalue weighted by Crippen LogP contribution is 2.31. The minimum atomic E-state index is -0.278. The van der Waals surface area contributed by atoms with E-state index in [4.69, 9.17) is 27.6 Å². The molecular weight excluding hydrogens is 407 g/mol. The second kappa shape index (κ2) is 7.90. The molecule has 0 saturated carbocycles. The number of benzene rings is 3. The van der Waals surface area contributed by atoms with E-state index in [1.807, 2.05) is 24.3 Å². The molecule has 0 aliphatic heterocycles. The monoisotopic (exact) mass is 424 g/mol. The third kappa shape index (κ3) is 4.14. The number of halogens is 2. The Kier molecular flexibility index (Phi) is 5.31. The maximum Gasteiger partial charge on any atom is 0.255 e. The van der Waals surface area contributed by atoms with Crippen LogP contribution in [-0.4, -0.2) is 10.9 Å². The first-order valence-electron chi connectivity index (χ1n) is 9.18. The van der Waals surface area contributed by atoms with Gasteiger partial charge in [0.2, 0.25) is 5.89 Å². The molecule has 0 radical (unpaired) electrons. The van der Waals surface area contributed by atoms with Crippen LogP contribution in [0, 0.1) is 0 Å². The van der Waals surface area contributed by atoms with Crippen molar-refractivity contribution in [3.05, 3.63) is 81.8 Å². The second-order valence-electron chi connectivity index (χ2n) is 7.06. The number of hydrogen-bond acceptors (Lipinski definition) is 3. The number of carbonyl (C=O) groups excluding carboxylic acids is 1. The molecule has 0 spiro atoms. The van der Waals surface area contributed by atoms with E-state index in [0.29, 0.717) is 38.7 Å². The standard InChI is InChI=1S/C23H18Cl2N2O2/c1-13(2)15-6-10-21-20(11-15)27-23(29-21)16-5-9-18(25)19(12-16)26-22(28)14-3-7-17(24)8-4-14/h3-13H,1-2H3,(H,26,28). The zero-order chi connectivity index (χ0) is 20.5. The fourth-order valence-corrected chi connectivity index (χ4v) is 3.27. The molecule has 6 heteroatoms. The topological polar surface area (TPSA) is 55.1 Å². The summed E-state index contributed by atoms with van der Waals surface area (Å²) in [6.45, 7) is 4.27. The molecule has 3 aromatic carbocycles. The number of aromatic nitrogens is 1. The predicted octanol–water partition coefficient (Wildman–Crippen LogP) is 7.18. The molecule has 0 aliphatic carbocycles. The van der Waals surface area contributed by atoms with Crippen molar-refractivity contribution < 1.29 is 9.21 Å². The summed E-state index contributed by atoms with van der Waals surface area (Å²) < 4.78 is 5.90. The average molecular weight is 425 g/mol. The van der Waals surface area contributed by atoms with Crippen molar-refractivity contribution in [1.29, 1.82) is 0 Å². The van der Waals surface area contributed by atoms with Gasteiger partial charge in [-0.15, -0.1) is 0 Å². The molecule has 0 saturated heterocycles. The number of hydrogen-bond donors (Lipinski definition) is 1. The largest absolute Gasteiger partial charge is 0.436 e. The number of carbonyl (C=O) groups is 1. The number of anilines is 1. The molecule has 4 nitrogen and oxygen atoms in total. The molecule has 0 unspecified atom stereocenters. The number of rotatable bonds is 4. The number of nitrogens with zero attached hydrogens (tertiary/aromatic N) is 1. The van der Waals surface area contributed by atoms with E-state index in [0.717, 1.165) is 11.1 Å². The van der Waals surface area contributed by atoms with E-state index in [-0.39, 0.29) is 5.91 Å². The minimum absolute atomic E-state index is 0.278. The Morgan fingerprint density at radius 1 is 1.00 bits per heavy atom. The lowest BCUT2D eigenvalue weighted by Crippen LogP contribution is -2.12. The summed E-state index contributed by atoms with van der Waals surface area (Å²) in [5, 5.41) is 3.82. The molecule has 1 amide bonds. The fraction of sp³-hybridized carbons (Fsp3) is 0.130. The summed E-state index contributed by atoms with van der Waals surface area (Å²) in [5.41, 5.74) is 4.40. The number of amides is 1. The van der Waals surface area contributed by atoms with Crippen LogP contribution >= 0.6 is 23.2 Å². The van der Waals surface area contributed by atoms with Gasteiger partial charge in [-0.2, -0.15) is 0 Å². The van der Waals surface area contributed by atoms with Gasteiger partial charge in [0, 0.05) is 16.1 Å². The Morgan fingerprint density at radius 2 is 1.76 bits per heavy atom. The third-order valence-electron chi connectivity index (χ3n) is 4.65. The smallest absolute Gasteiger partial charge is 0.255 e. The molecule has 4 rings (SSSR count). The van der Waals surface area contributed by atoms with Gasteiger partial charge in [0.1, 0.15) is 5.52 Å². The molecular formula is C23H18Cl2N2O2. The summed E-state index contributed by atoms with van der Waals surface area (Å²) in [5.74, 6) is 0.601. The first kappa shape index (κ1) is 19.5. The van der Waals surface area contributed by atoms with Crippen LogP contribution < -0.4 is 5.32 Å². The Labute approximate surface area is 178 Å². The quantitative estimate of drug-likeness (QED) is 0.377. The Hall–Kier alpha value is -2.82. The van der Waals surface area contributed by atoms with Crippen molar-refractivity contribution in [2.24, 2.45) is 0 Å². The Morgan fingerprint density at radius 3 is 2.48 bits per heavy atom. The SMILES string of the molecule is CC(C)c1ccc2oc(-c3ccc(Cl)c(NC(=O)c4ccc(Cl)cc4)c3)nc2c1. The van der Waals surface area contributed by atoms with E-state index in [1.165, 1.54) is 5.56 Å². The third-order valence-corrected chi connectivity index (χ3v) is 5.23. The van der Waals surface area contributed by atoms with Crippen LogP contribution in [0.2, 0.25) is 10.0 Å². The number of fused-ring (bicyclic) bond motifs is 1. The molecule has 1 N–H and O–H groups in total. The molecule has 1 heterocycles. The van der Waals surface area contributed by atoms with Crippen molar-refractivity contribution in [1.82, 2.24) is 4.98 Å². The van der Waals surface area contributed by atoms with Gasteiger partial charge in [0.25, 0.3) is 5.91 Å². The van der Waals surface area contributed by atoms with Crippen molar-refractivity contribution in [3.8, 4) is 11.5 Å². The molecule has 0 aliphatic rings. The van der Waals surface area contributed by atoms with Crippen LogP contribution in [0.3, 0.4) is 0 Å². The van der Waals surface area contributed by atoms with Crippen LogP contribution in [0.1, 0.15) is 35.7 Å².